The number of hydrogen-bond donors (Lipinski definition) is 0. The first-order valence-corrected chi connectivity index (χ1v) is 4.21. The number of benzene rings is 1. The van der Waals surface area contributed by atoms with Crippen LogP contribution in [0.4, 0.5) is 4.39 Å². The molecular weight excluding hydrogens is 187 g/mol. The fourth-order valence-electron chi connectivity index (χ4n) is 0.997. The molecule has 0 aliphatic rings. The second kappa shape index (κ2) is 4.30. The van der Waals surface area contributed by atoms with Gasteiger partial charge in [-0.15, -0.1) is 6.42 Å². The zero-order valence-corrected chi connectivity index (χ0v) is 8.03. The minimum absolute atomic E-state index is 0.482. The first kappa shape index (κ1) is 10.1. The van der Waals surface area contributed by atoms with Gasteiger partial charge in [0.15, 0.2) is 0 Å². The first-order valence-electron chi connectivity index (χ1n) is 3.83. The number of terminal acetylenes is 1. The molecule has 0 aromatic heterocycles. The average molecular weight is 196 g/mol. The Morgan fingerprint density at radius 2 is 2.23 bits per heavy atom. The Bertz CT molecular complexity index is 338. The molecule has 1 radical (unpaired) electrons. The summed E-state index contributed by atoms with van der Waals surface area (Å²) in [5, 5.41) is 0.540. The van der Waals surface area contributed by atoms with E-state index in [1.165, 1.54) is 0 Å². The zero-order chi connectivity index (χ0) is 9.84. The van der Waals surface area contributed by atoms with E-state index in [-0.39, 0.29) is 0 Å². The first-order chi connectivity index (χ1) is 6.17. The predicted molar refractivity (Wildman–Crippen MR) is 53.4 cm³/mol. The van der Waals surface area contributed by atoms with Crippen LogP contribution in [-0.4, -0.2) is 6.67 Å². The van der Waals surface area contributed by atoms with Crippen LogP contribution in [0, 0.1) is 18.3 Å². The maximum Gasteiger partial charge on any atom is 0.0997 e. The van der Waals surface area contributed by atoms with Crippen molar-refractivity contribution in [2.45, 2.75) is 6.92 Å². The summed E-state index contributed by atoms with van der Waals surface area (Å²) in [7, 11) is 0. The lowest BCUT2D eigenvalue weighted by molar-refractivity contribution is 0.516. The lowest BCUT2D eigenvalue weighted by Crippen LogP contribution is -1.96. The Morgan fingerprint density at radius 3 is 2.77 bits per heavy atom. The van der Waals surface area contributed by atoms with Crippen LogP contribution in [0.3, 0.4) is 0 Å². The molecule has 0 saturated heterocycles. The van der Waals surface area contributed by atoms with E-state index >= 15 is 0 Å². The monoisotopic (exact) mass is 195 g/mol. The van der Waals surface area contributed by atoms with Crippen LogP contribution in [0.1, 0.15) is 18.1 Å². The van der Waals surface area contributed by atoms with E-state index in [0.29, 0.717) is 16.5 Å². The van der Waals surface area contributed by atoms with Crippen molar-refractivity contribution in [2.75, 3.05) is 6.67 Å². The Labute approximate surface area is 82.7 Å². The second-order valence-electron chi connectivity index (χ2n) is 2.79. The summed E-state index contributed by atoms with van der Waals surface area (Å²) in [6.45, 7) is 1.23. The van der Waals surface area contributed by atoms with Crippen LogP contribution >= 0.6 is 11.6 Å². The summed E-state index contributed by atoms with van der Waals surface area (Å²) in [6.07, 6.45) is 5.22. The fraction of sp³-hybridized carbons (Fsp3) is 0.182. The quantitative estimate of drug-likeness (QED) is 0.636. The lowest BCUT2D eigenvalue weighted by Gasteiger charge is -2.07. The summed E-state index contributed by atoms with van der Waals surface area (Å²) in [6, 6.07) is 5.13. The van der Waals surface area contributed by atoms with Crippen LogP contribution in [0.5, 0.6) is 0 Å². The van der Waals surface area contributed by atoms with E-state index in [9.17, 15) is 4.39 Å². The molecule has 0 nitrogen and oxygen atoms in total. The highest BCUT2D eigenvalue weighted by atomic mass is 35.5. The number of rotatable bonds is 2. The summed E-state index contributed by atoms with van der Waals surface area (Å²) in [5.74, 6) is 3.10. The van der Waals surface area contributed by atoms with E-state index in [1.807, 2.05) is 0 Å². The predicted octanol–water partition coefficient (Wildman–Crippen LogP) is 3.23. The molecule has 0 spiro atoms. The van der Waals surface area contributed by atoms with Gasteiger partial charge in [-0.1, -0.05) is 24.4 Å². The topological polar surface area (TPSA) is 0 Å². The summed E-state index contributed by atoms with van der Waals surface area (Å²) in [5.41, 5.74) is 1.44. The molecular formula is C11H9ClF. The molecule has 1 rings (SSSR count). The van der Waals surface area contributed by atoms with Crippen molar-refractivity contribution in [2.24, 2.45) is 0 Å². The molecule has 13 heavy (non-hydrogen) atoms. The Kier molecular flexibility index (Phi) is 3.33. The van der Waals surface area contributed by atoms with Gasteiger partial charge in [-0.05, 0) is 23.8 Å². The van der Waals surface area contributed by atoms with Gasteiger partial charge in [-0.2, -0.15) is 0 Å². The van der Waals surface area contributed by atoms with Crippen molar-refractivity contribution in [3.8, 4) is 12.3 Å². The fourth-order valence-corrected chi connectivity index (χ4v) is 1.23. The van der Waals surface area contributed by atoms with Gasteiger partial charge in [0.05, 0.1) is 6.67 Å². The lowest BCUT2D eigenvalue weighted by atomic mass is 10.0. The highest BCUT2D eigenvalue weighted by Crippen LogP contribution is 2.21. The zero-order valence-electron chi connectivity index (χ0n) is 7.27. The molecule has 0 N–H and O–H groups in total. The maximum atomic E-state index is 12.3. The normalized spacial score (nSPS) is 10.1. The van der Waals surface area contributed by atoms with Gasteiger partial charge in [0, 0.05) is 16.5 Å². The Hall–Kier alpha value is -1.00. The molecule has 0 bridgehead atoms. The molecule has 67 valence electrons. The number of halogens is 2. The van der Waals surface area contributed by atoms with Gasteiger partial charge >= 0.3 is 0 Å². The third-order valence-corrected chi connectivity index (χ3v) is 1.98. The summed E-state index contributed by atoms with van der Waals surface area (Å²) in [4.78, 5) is 0. The van der Waals surface area contributed by atoms with Crippen LogP contribution in [0.2, 0.25) is 5.02 Å². The van der Waals surface area contributed by atoms with E-state index in [1.54, 1.807) is 25.1 Å². The number of alkyl halides is 1. The Morgan fingerprint density at radius 1 is 1.54 bits per heavy atom. The van der Waals surface area contributed by atoms with Gasteiger partial charge in [0.2, 0.25) is 0 Å². The van der Waals surface area contributed by atoms with Crippen molar-refractivity contribution in [1.29, 1.82) is 0 Å². The molecule has 0 fully saturated rings. The SMILES string of the molecule is C#Cc1cc(Cl)cc([C](C)CF)c1. The standard InChI is InChI=1S/C11H9ClF/c1-3-9-4-10(8(2)7-13)6-11(12)5-9/h1,4-6H,7H2,2H3. The molecule has 2 heteroatoms. The minimum atomic E-state index is -0.482. The highest BCUT2D eigenvalue weighted by molar-refractivity contribution is 6.30. The van der Waals surface area contributed by atoms with E-state index in [0.717, 1.165) is 5.56 Å². The molecule has 0 unspecified atom stereocenters. The van der Waals surface area contributed by atoms with Crippen molar-refractivity contribution in [3.05, 3.63) is 40.3 Å². The molecule has 0 amide bonds. The Balaban J connectivity index is 3.10. The average Bonchev–Trinajstić information content (AvgIpc) is 2.15. The van der Waals surface area contributed by atoms with Crippen molar-refractivity contribution in [1.82, 2.24) is 0 Å². The van der Waals surface area contributed by atoms with Gasteiger partial charge in [-0.3, -0.25) is 4.39 Å². The molecule has 0 aliphatic carbocycles. The molecule has 0 atom stereocenters. The van der Waals surface area contributed by atoms with E-state index in [2.05, 4.69) is 5.92 Å². The van der Waals surface area contributed by atoms with E-state index < -0.39 is 6.67 Å². The smallest absolute Gasteiger partial charge is 0.0997 e. The molecule has 1 aromatic carbocycles. The molecule has 0 aliphatic heterocycles. The minimum Gasteiger partial charge on any atom is -0.250 e. The van der Waals surface area contributed by atoms with E-state index in [4.69, 9.17) is 18.0 Å². The summed E-state index contributed by atoms with van der Waals surface area (Å²) >= 11 is 5.80. The maximum absolute atomic E-state index is 12.3. The van der Waals surface area contributed by atoms with Crippen LogP contribution in [0.25, 0.3) is 0 Å². The molecule has 0 heterocycles. The van der Waals surface area contributed by atoms with Gasteiger partial charge in [0.1, 0.15) is 0 Å². The van der Waals surface area contributed by atoms with Gasteiger partial charge in [-0.25, -0.2) is 0 Å². The molecule has 1 aromatic rings. The largest absolute Gasteiger partial charge is 0.250 e. The van der Waals surface area contributed by atoms with Crippen LogP contribution in [-0.2, 0) is 0 Å². The number of hydrogen-bond acceptors (Lipinski definition) is 0. The van der Waals surface area contributed by atoms with Crippen molar-refractivity contribution < 1.29 is 4.39 Å². The third kappa shape index (κ3) is 2.47. The third-order valence-electron chi connectivity index (χ3n) is 1.76. The van der Waals surface area contributed by atoms with Crippen LogP contribution in [0.15, 0.2) is 18.2 Å². The van der Waals surface area contributed by atoms with Crippen molar-refractivity contribution in [3.63, 3.8) is 0 Å². The van der Waals surface area contributed by atoms with Gasteiger partial charge in [0.25, 0.3) is 0 Å². The van der Waals surface area contributed by atoms with Crippen molar-refractivity contribution >= 4 is 11.6 Å². The highest BCUT2D eigenvalue weighted by Gasteiger charge is 2.07. The van der Waals surface area contributed by atoms with Gasteiger partial charge < -0.3 is 0 Å². The van der Waals surface area contributed by atoms with Crippen LogP contribution < -0.4 is 0 Å². The molecule has 0 saturated carbocycles. The summed E-state index contributed by atoms with van der Waals surface area (Å²) < 4.78 is 12.3. The second-order valence-corrected chi connectivity index (χ2v) is 3.22.